The van der Waals surface area contributed by atoms with Gasteiger partial charge in [-0.3, -0.25) is 14.5 Å². The number of anilines is 1. The maximum Gasteiger partial charge on any atom is 0.418 e. The van der Waals surface area contributed by atoms with Gasteiger partial charge < -0.3 is 5.32 Å². The van der Waals surface area contributed by atoms with Gasteiger partial charge in [0, 0.05) is 16.7 Å². The monoisotopic (exact) mass is 364 g/mol. The second-order valence-corrected chi connectivity index (χ2v) is 5.48. The predicted molar refractivity (Wildman–Crippen MR) is 73.6 cm³/mol. The highest BCUT2D eigenvalue weighted by atomic mass is 79.9. The molecule has 1 heterocycles. The fourth-order valence-corrected chi connectivity index (χ4v) is 2.55. The van der Waals surface area contributed by atoms with Gasteiger partial charge in [0.25, 0.3) is 5.91 Å². The fraction of sp³-hybridized carbons (Fsp3) is 0.385. The number of halogens is 4. The fourth-order valence-electron chi connectivity index (χ4n) is 2.19. The maximum absolute atomic E-state index is 13.0. The number of likely N-dealkylation sites (N-methyl/N-ethyl adjacent to an activating group) is 1. The minimum Gasteiger partial charge on any atom is -0.373 e. The summed E-state index contributed by atoms with van der Waals surface area (Å²) >= 11 is 2.99. The van der Waals surface area contributed by atoms with Crippen LogP contribution in [0, 0.1) is 0 Å². The topological polar surface area (TPSA) is 49.4 Å². The molecule has 8 heteroatoms. The highest BCUT2D eigenvalue weighted by Gasteiger charge is 2.40. The van der Waals surface area contributed by atoms with E-state index in [2.05, 4.69) is 21.2 Å². The molecule has 1 aromatic carbocycles. The first-order chi connectivity index (χ1) is 9.74. The molecule has 0 radical (unpaired) electrons. The molecule has 1 saturated heterocycles. The molecule has 1 N–H and O–H groups in total. The van der Waals surface area contributed by atoms with Gasteiger partial charge in [0.05, 0.1) is 12.0 Å². The van der Waals surface area contributed by atoms with Crippen LogP contribution < -0.4 is 5.32 Å². The van der Waals surface area contributed by atoms with Gasteiger partial charge in [0.15, 0.2) is 0 Å². The third-order valence-corrected chi connectivity index (χ3v) is 3.67. The summed E-state index contributed by atoms with van der Waals surface area (Å²) in [5, 5.41) is 2.53. The average Bonchev–Trinajstić information content (AvgIpc) is 2.65. The van der Waals surface area contributed by atoms with Crippen LogP contribution in [0.3, 0.4) is 0 Å². The number of carbonyl (C=O) groups is 2. The Morgan fingerprint density at radius 1 is 1.38 bits per heavy atom. The van der Waals surface area contributed by atoms with Crippen molar-refractivity contribution in [2.45, 2.75) is 25.6 Å². The number of imide groups is 1. The molecule has 1 fully saturated rings. The van der Waals surface area contributed by atoms with Crippen LogP contribution in [0.5, 0.6) is 0 Å². The highest BCUT2D eigenvalue weighted by Crippen LogP contribution is 2.37. The van der Waals surface area contributed by atoms with Crippen LogP contribution in [0.2, 0.25) is 0 Å². The quantitative estimate of drug-likeness (QED) is 0.838. The molecule has 0 spiro atoms. The van der Waals surface area contributed by atoms with Gasteiger partial charge in [0.2, 0.25) is 5.91 Å². The van der Waals surface area contributed by atoms with Crippen molar-refractivity contribution in [3.63, 3.8) is 0 Å². The molecule has 1 atom stereocenters. The Hall–Kier alpha value is -1.57. The predicted octanol–water partition coefficient (Wildman–Crippen LogP) is 3.03. The molecule has 1 unspecified atom stereocenters. The molecule has 1 aromatic rings. The first kappa shape index (κ1) is 15.8. The molecule has 0 bridgehead atoms. The van der Waals surface area contributed by atoms with Crippen molar-refractivity contribution in [3.8, 4) is 0 Å². The van der Waals surface area contributed by atoms with E-state index in [1.807, 2.05) is 0 Å². The molecular weight excluding hydrogens is 353 g/mol. The summed E-state index contributed by atoms with van der Waals surface area (Å²) < 4.78 is 39.3. The largest absolute Gasteiger partial charge is 0.418 e. The molecule has 21 heavy (non-hydrogen) atoms. The Kier molecular flexibility index (Phi) is 4.27. The summed E-state index contributed by atoms with van der Waals surface area (Å²) in [6.07, 6.45) is -4.69. The minimum atomic E-state index is -4.55. The van der Waals surface area contributed by atoms with Crippen molar-refractivity contribution in [3.05, 3.63) is 28.2 Å². The van der Waals surface area contributed by atoms with Gasteiger partial charge >= 0.3 is 6.18 Å². The van der Waals surface area contributed by atoms with Gasteiger partial charge in [-0.15, -0.1) is 0 Å². The number of rotatable bonds is 3. The lowest BCUT2D eigenvalue weighted by atomic mass is 10.1. The third kappa shape index (κ3) is 3.20. The molecule has 1 aliphatic rings. The van der Waals surface area contributed by atoms with Gasteiger partial charge in [-0.2, -0.15) is 13.2 Å². The van der Waals surface area contributed by atoms with E-state index in [9.17, 15) is 22.8 Å². The summed E-state index contributed by atoms with van der Waals surface area (Å²) in [7, 11) is 0. The SMILES string of the molecule is CCN1C(=O)CC(Nc2ccc(Br)cc2C(F)(F)F)C1=O. The summed E-state index contributed by atoms with van der Waals surface area (Å²) in [6, 6.07) is 2.65. The molecule has 2 amide bonds. The molecule has 0 aliphatic carbocycles. The first-order valence-corrected chi connectivity index (χ1v) is 7.00. The van der Waals surface area contributed by atoms with Crippen LogP contribution in [0.25, 0.3) is 0 Å². The van der Waals surface area contributed by atoms with Crippen molar-refractivity contribution in [1.82, 2.24) is 4.90 Å². The Morgan fingerprint density at radius 3 is 2.57 bits per heavy atom. The molecule has 1 aliphatic heterocycles. The average molecular weight is 365 g/mol. The number of nitrogens with one attached hydrogen (secondary N) is 1. The zero-order chi connectivity index (χ0) is 15.8. The smallest absolute Gasteiger partial charge is 0.373 e. The number of amides is 2. The zero-order valence-corrected chi connectivity index (χ0v) is 12.6. The number of likely N-dealkylation sites (tertiary alicyclic amines) is 1. The van der Waals surface area contributed by atoms with Crippen molar-refractivity contribution >= 4 is 33.4 Å². The normalized spacial score (nSPS) is 19.3. The zero-order valence-electron chi connectivity index (χ0n) is 11.0. The van der Waals surface area contributed by atoms with Crippen LogP contribution in [-0.2, 0) is 15.8 Å². The van der Waals surface area contributed by atoms with E-state index in [1.165, 1.54) is 12.1 Å². The van der Waals surface area contributed by atoms with Crippen molar-refractivity contribution in [1.29, 1.82) is 0 Å². The van der Waals surface area contributed by atoms with E-state index in [4.69, 9.17) is 0 Å². The molecule has 0 saturated carbocycles. The number of carbonyl (C=O) groups excluding carboxylic acids is 2. The first-order valence-electron chi connectivity index (χ1n) is 6.21. The number of alkyl halides is 3. The molecule has 0 aromatic heterocycles. The maximum atomic E-state index is 13.0. The second kappa shape index (κ2) is 5.67. The third-order valence-electron chi connectivity index (χ3n) is 3.18. The summed E-state index contributed by atoms with van der Waals surface area (Å²) in [4.78, 5) is 24.6. The number of benzene rings is 1. The van der Waals surface area contributed by atoms with Gasteiger partial charge in [-0.1, -0.05) is 15.9 Å². The van der Waals surface area contributed by atoms with E-state index in [-0.39, 0.29) is 29.0 Å². The number of hydrogen-bond acceptors (Lipinski definition) is 3. The van der Waals surface area contributed by atoms with E-state index < -0.39 is 23.7 Å². The Bertz CT molecular complexity index is 589. The lowest BCUT2D eigenvalue weighted by Crippen LogP contribution is -2.34. The minimum absolute atomic E-state index is 0.139. The van der Waals surface area contributed by atoms with Crippen LogP contribution in [0.15, 0.2) is 22.7 Å². The van der Waals surface area contributed by atoms with Crippen LogP contribution in [0.4, 0.5) is 18.9 Å². The number of nitrogens with zero attached hydrogens (tertiary/aromatic N) is 1. The second-order valence-electron chi connectivity index (χ2n) is 4.56. The van der Waals surface area contributed by atoms with Crippen LogP contribution >= 0.6 is 15.9 Å². The van der Waals surface area contributed by atoms with E-state index >= 15 is 0 Å². The summed E-state index contributed by atoms with van der Waals surface area (Å²) in [5.74, 6) is -0.885. The lowest BCUT2D eigenvalue weighted by Gasteiger charge is -2.18. The van der Waals surface area contributed by atoms with Crippen LogP contribution in [-0.4, -0.2) is 29.3 Å². The molecule has 2 rings (SSSR count). The standard InChI is InChI=1S/C13H12BrF3N2O2/c1-2-19-11(20)6-10(12(19)21)18-9-4-3-7(14)5-8(9)13(15,16)17/h3-5,10,18H,2,6H2,1H3. The van der Waals surface area contributed by atoms with Gasteiger partial charge in [-0.25, -0.2) is 0 Å². The van der Waals surface area contributed by atoms with E-state index in [0.29, 0.717) is 0 Å². The van der Waals surface area contributed by atoms with Crippen molar-refractivity contribution in [2.24, 2.45) is 0 Å². The number of hydrogen-bond donors (Lipinski definition) is 1. The summed E-state index contributed by atoms with van der Waals surface area (Å²) in [6.45, 7) is 1.85. The Balaban J connectivity index is 2.29. The van der Waals surface area contributed by atoms with Gasteiger partial charge in [-0.05, 0) is 25.1 Å². The molecule has 4 nitrogen and oxygen atoms in total. The van der Waals surface area contributed by atoms with E-state index in [0.717, 1.165) is 11.0 Å². The highest BCUT2D eigenvalue weighted by molar-refractivity contribution is 9.10. The summed E-state index contributed by atoms with van der Waals surface area (Å²) in [5.41, 5.74) is -1.10. The Labute approximate surface area is 127 Å². The van der Waals surface area contributed by atoms with Gasteiger partial charge in [0.1, 0.15) is 6.04 Å². The van der Waals surface area contributed by atoms with E-state index in [1.54, 1.807) is 6.92 Å². The van der Waals surface area contributed by atoms with Crippen molar-refractivity contribution in [2.75, 3.05) is 11.9 Å². The molecular formula is C13H12BrF3N2O2. The molecule has 114 valence electrons. The van der Waals surface area contributed by atoms with Crippen molar-refractivity contribution < 1.29 is 22.8 Å². The lowest BCUT2D eigenvalue weighted by molar-refractivity contribution is -0.139. The van der Waals surface area contributed by atoms with Crippen LogP contribution in [0.1, 0.15) is 18.9 Å². The Morgan fingerprint density at radius 2 is 2.05 bits per heavy atom.